The molecule has 2 aliphatic heterocycles. The molecule has 0 saturated carbocycles. The zero-order chi connectivity index (χ0) is 28.8. The summed E-state index contributed by atoms with van der Waals surface area (Å²) in [6.45, 7) is 15.3. The maximum atomic E-state index is 14.1. The Bertz CT molecular complexity index is 1700. The summed E-state index contributed by atoms with van der Waals surface area (Å²) in [5, 5.41) is 8.48. The number of carbonyl (C=O) groups excluding carboxylic acids is 1. The number of anilines is 2. The molecule has 1 fully saturated rings. The zero-order valence-corrected chi connectivity index (χ0v) is 24.2. The van der Waals surface area contributed by atoms with Crippen molar-refractivity contribution in [2.75, 3.05) is 36.0 Å². The quantitative estimate of drug-likeness (QED) is 0.372. The van der Waals surface area contributed by atoms with Gasteiger partial charge in [0.25, 0.3) is 0 Å². The largest absolute Gasteiger partial charge is 0.365 e. The fourth-order valence-electron chi connectivity index (χ4n) is 6.51. The summed E-state index contributed by atoms with van der Waals surface area (Å²) >= 11 is 0. The van der Waals surface area contributed by atoms with Gasteiger partial charge in [-0.15, -0.1) is 0 Å². The fraction of sp³-hybridized carbons (Fsp3) is 0.375. The number of fused-ring (bicyclic) bond motifs is 2. The van der Waals surface area contributed by atoms with E-state index in [1.807, 2.05) is 33.9 Å². The predicted molar refractivity (Wildman–Crippen MR) is 163 cm³/mol. The van der Waals surface area contributed by atoms with Crippen LogP contribution in [0.15, 0.2) is 60.0 Å². The average Bonchev–Trinajstić information content (AvgIpc) is 3.45. The Kier molecular flexibility index (Phi) is 6.89. The number of benzene rings is 2. The third-order valence-electron chi connectivity index (χ3n) is 8.55. The van der Waals surface area contributed by atoms with E-state index in [0.29, 0.717) is 26.2 Å². The van der Waals surface area contributed by atoms with Crippen LogP contribution >= 0.6 is 0 Å². The number of H-pyrrole nitrogens is 1. The molecule has 2 aromatic heterocycles. The third kappa shape index (κ3) is 4.59. The Hall–Kier alpha value is -4.40. The molecule has 9 heteroatoms. The van der Waals surface area contributed by atoms with Crippen LogP contribution in [0.25, 0.3) is 16.6 Å². The number of aromatic nitrogens is 4. The van der Waals surface area contributed by atoms with Gasteiger partial charge in [-0.05, 0) is 55.5 Å². The van der Waals surface area contributed by atoms with E-state index in [1.54, 1.807) is 0 Å². The minimum absolute atomic E-state index is 0.0161. The topological polar surface area (TPSA) is 90.4 Å². The normalized spacial score (nSPS) is 17.3. The van der Waals surface area contributed by atoms with Crippen molar-refractivity contribution in [2.24, 2.45) is 0 Å². The van der Waals surface area contributed by atoms with Crippen LogP contribution in [-0.2, 0) is 17.8 Å². The summed E-state index contributed by atoms with van der Waals surface area (Å²) in [4.78, 5) is 37.5. The Labute approximate surface area is 240 Å². The van der Waals surface area contributed by atoms with Crippen LogP contribution in [0.4, 0.5) is 11.5 Å². The summed E-state index contributed by atoms with van der Waals surface area (Å²) < 4.78 is 1.84. The Morgan fingerprint density at radius 3 is 2.71 bits per heavy atom. The highest BCUT2D eigenvalue weighted by Crippen LogP contribution is 2.36. The van der Waals surface area contributed by atoms with E-state index >= 15 is 0 Å². The highest BCUT2D eigenvalue weighted by molar-refractivity contribution is 5.93. The molecule has 0 radical (unpaired) electrons. The molecule has 41 heavy (non-hydrogen) atoms. The molecule has 2 aromatic carbocycles. The lowest BCUT2D eigenvalue weighted by molar-refractivity contribution is -0.126. The van der Waals surface area contributed by atoms with Crippen molar-refractivity contribution in [2.45, 2.75) is 52.6 Å². The SMILES string of the molecule is C=CC(=O)N1CCN(c2nc(=O)n(-c3ccccc3C(C)C)c3c2CCN(c2c(C)ccc4[nH]ncc24)C3)C(C)C1. The van der Waals surface area contributed by atoms with Crippen LogP contribution in [0, 0.1) is 6.92 Å². The fourth-order valence-corrected chi connectivity index (χ4v) is 6.51. The molecule has 0 aliphatic carbocycles. The van der Waals surface area contributed by atoms with Gasteiger partial charge in [0.15, 0.2) is 0 Å². The molecule has 9 nitrogen and oxygen atoms in total. The second-order valence-electron chi connectivity index (χ2n) is 11.5. The number of carbonyl (C=O) groups is 1. The van der Waals surface area contributed by atoms with Gasteiger partial charge in [0, 0.05) is 43.2 Å². The van der Waals surface area contributed by atoms with E-state index in [1.165, 1.54) is 11.6 Å². The van der Waals surface area contributed by atoms with Crippen molar-refractivity contribution in [3.05, 3.63) is 88.1 Å². The summed E-state index contributed by atoms with van der Waals surface area (Å²) in [7, 11) is 0. The summed E-state index contributed by atoms with van der Waals surface area (Å²) in [5.74, 6) is 0.927. The molecule has 1 N–H and O–H groups in total. The van der Waals surface area contributed by atoms with Crippen molar-refractivity contribution >= 4 is 28.3 Å². The van der Waals surface area contributed by atoms with E-state index in [0.717, 1.165) is 57.9 Å². The lowest BCUT2D eigenvalue weighted by atomic mass is 9.98. The van der Waals surface area contributed by atoms with E-state index in [-0.39, 0.29) is 23.6 Å². The Morgan fingerprint density at radius 1 is 1.15 bits per heavy atom. The van der Waals surface area contributed by atoms with Crippen molar-refractivity contribution in [1.29, 1.82) is 0 Å². The molecule has 1 unspecified atom stereocenters. The number of para-hydroxylation sites is 1. The van der Waals surface area contributed by atoms with Crippen molar-refractivity contribution in [3.63, 3.8) is 0 Å². The number of hydrogen-bond acceptors (Lipinski definition) is 6. The van der Waals surface area contributed by atoms with Gasteiger partial charge in [-0.25, -0.2) is 4.79 Å². The molecule has 0 spiro atoms. The second-order valence-corrected chi connectivity index (χ2v) is 11.5. The van der Waals surface area contributed by atoms with Crippen LogP contribution in [0.1, 0.15) is 49.1 Å². The number of nitrogens with zero attached hydrogens (tertiary/aromatic N) is 6. The van der Waals surface area contributed by atoms with Crippen molar-refractivity contribution < 1.29 is 4.79 Å². The number of amides is 1. The smallest absolute Gasteiger partial charge is 0.354 e. The molecule has 4 aromatic rings. The zero-order valence-electron chi connectivity index (χ0n) is 24.2. The molecule has 2 aliphatic rings. The van der Waals surface area contributed by atoms with Crippen molar-refractivity contribution in [3.8, 4) is 5.69 Å². The molecule has 212 valence electrons. The first-order valence-corrected chi connectivity index (χ1v) is 14.4. The highest BCUT2D eigenvalue weighted by Gasteiger charge is 2.33. The van der Waals surface area contributed by atoms with Gasteiger partial charge in [0.2, 0.25) is 5.91 Å². The molecule has 1 saturated heterocycles. The summed E-state index contributed by atoms with van der Waals surface area (Å²) in [6.07, 6.45) is 4.00. The maximum Gasteiger partial charge on any atom is 0.354 e. The lowest BCUT2D eigenvalue weighted by Crippen LogP contribution is -2.54. The summed E-state index contributed by atoms with van der Waals surface area (Å²) in [5.41, 5.74) is 7.10. The molecule has 4 heterocycles. The Morgan fingerprint density at radius 2 is 1.95 bits per heavy atom. The van der Waals surface area contributed by atoms with Gasteiger partial charge in [-0.2, -0.15) is 10.1 Å². The lowest BCUT2D eigenvalue weighted by Gasteiger charge is -2.42. The van der Waals surface area contributed by atoms with Crippen LogP contribution in [-0.4, -0.2) is 62.8 Å². The van der Waals surface area contributed by atoms with Gasteiger partial charge < -0.3 is 14.7 Å². The van der Waals surface area contributed by atoms with Gasteiger partial charge >= 0.3 is 5.69 Å². The predicted octanol–water partition coefficient (Wildman–Crippen LogP) is 4.33. The van der Waals surface area contributed by atoms with E-state index < -0.39 is 0 Å². The molecule has 1 atom stereocenters. The standard InChI is InChI=1S/C32H37N7O2/c1-6-29(40)36-15-16-38(22(5)18-36)31-24-13-14-37(30-21(4)11-12-26-25(30)17-33-35-26)19-28(24)39(32(41)34-31)27-10-8-7-9-23(27)20(2)3/h6-12,17,20,22H,1,13-16,18-19H2,2-5H3,(H,33,35). The highest BCUT2D eigenvalue weighted by atomic mass is 16.2. The monoisotopic (exact) mass is 551 g/mol. The van der Waals surface area contributed by atoms with Crippen LogP contribution in [0.2, 0.25) is 0 Å². The number of piperazine rings is 1. The number of hydrogen-bond donors (Lipinski definition) is 1. The van der Waals surface area contributed by atoms with Gasteiger partial charge in [0.1, 0.15) is 5.82 Å². The van der Waals surface area contributed by atoms with Crippen molar-refractivity contribution in [1.82, 2.24) is 24.6 Å². The second kappa shape index (κ2) is 10.5. The number of aryl methyl sites for hydroxylation is 1. The van der Waals surface area contributed by atoms with Gasteiger partial charge in [-0.1, -0.05) is 44.7 Å². The third-order valence-corrected chi connectivity index (χ3v) is 8.55. The molecule has 6 rings (SSSR count). The Balaban J connectivity index is 1.51. The average molecular weight is 552 g/mol. The van der Waals surface area contributed by atoms with Gasteiger partial charge in [-0.3, -0.25) is 14.5 Å². The van der Waals surface area contributed by atoms with E-state index in [9.17, 15) is 9.59 Å². The summed E-state index contributed by atoms with van der Waals surface area (Å²) in [6, 6.07) is 12.3. The van der Waals surface area contributed by atoms with E-state index in [4.69, 9.17) is 4.98 Å². The molecule has 1 amide bonds. The molecule has 0 bridgehead atoms. The number of rotatable bonds is 5. The molecular formula is C32H37N7O2. The van der Waals surface area contributed by atoms with Crippen LogP contribution < -0.4 is 15.5 Å². The van der Waals surface area contributed by atoms with E-state index in [2.05, 4.69) is 72.5 Å². The molecular weight excluding hydrogens is 514 g/mol. The first-order chi connectivity index (χ1) is 19.8. The number of aromatic amines is 1. The van der Waals surface area contributed by atoms with Gasteiger partial charge in [0.05, 0.1) is 35.3 Å². The minimum atomic E-state index is -0.274. The van der Waals surface area contributed by atoms with Crippen LogP contribution in [0.5, 0.6) is 0 Å². The first-order valence-electron chi connectivity index (χ1n) is 14.4. The number of nitrogens with one attached hydrogen (secondary N) is 1. The van der Waals surface area contributed by atoms with Crippen LogP contribution in [0.3, 0.4) is 0 Å². The first kappa shape index (κ1) is 26.8. The minimum Gasteiger partial charge on any atom is -0.365 e. The maximum absolute atomic E-state index is 14.1.